The number of amides is 1. The lowest BCUT2D eigenvalue weighted by Gasteiger charge is -2.33. The van der Waals surface area contributed by atoms with E-state index in [0.717, 1.165) is 31.5 Å². The van der Waals surface area contributed by atoms with Gasteiger partial charge in [-0.05, 0) is 24.8 Å². The molecule has 1 aromatic heterocycles. The van der Waals surface area contributed by atoms with Gasteiger partial charge < -0.3 is 4.90 Å². The minimum absolute atomic E-state index is 0.106. The number of carbonyl (C=O) groups is 1. The highest BCUT2D eigenvalue weighted by atomic mass is 32.1. The number of thiazole rings is 1. The van der Waals surface area contributed by atoms with E-state index < -0.39 is 0 Å². The number of piperidine rings is 1. The van der Waals surface area contributed by atoms with Crippen LogP contribution in [-0.2, 0) is 4.79 Å². The van der Waals surface area contributed by atoms with Gasteiger partial charge in [0.05, 0.1) is 10.9 Å². The van der Waals surface area contributed by atoms with Crippen LogP contribution in [0.5, 0.6) is 0 Å². The molecule has 0 saturated carbocycles. The van der Waals surface area contributed by atoms with Crippen LogP contribution < -0.4 is 0 Å². The maximum absolute atomic E-state index is 12.9. The second kappa shape index (κ2) is 7.55. The first kappa shape index (κ1) is 15.9. The van der Waals surface area contributed by atoms with Crippen molar-refractivity contribution in [1.82, 2.24) is 9.88 Å². The summed E-state index contributed by atoms with van der Waals surface area (Å²) in [4.78, 5) is 19.4. The van der Waals surface area contributed by atoms with E-state index in [4.69, 9.17) is 0 Å². The lowest BCUT2D eigenvalue weighted by atomic mass is 9.91. The van der Waals surface area contributed by atoms with Gasteiger partial charge in [0.25, 0.3) is 0 Å². The van der Waals surface area contributed by atoms with Crippen LogP contribution >= 0.6 is 11.3 Å². The predicted molar refractivity (Wildman–Crippen MR) is 94.7 cm³/mol. The smallest absolute Gasteiger partial charge is 0.230 e. The van der Waals surface area contributed by atoms with Gasteiger partial charge in [0.1, 0.15) is 0 Å². The first-order chi connectivity index (χ1) is 11.3. The molecule has 1 aromatic carbocycles. The minimum atomic E-state index is -0.106. The van der Waals surface area contributed by atoms with Crippen LogP contribution in [0.15, 0.2) is 54.6 Å². The average molecular weight is 326 g/mol. The average Bonchev–Trinajstić information content (AvgIpc) is 3.15. The fraction of sp³-hybridized carbons (Fsp3) is 0.368. The third-order valence-electron chi connectivity index (χ3n) is 4.51. The summed E-state index contributed by atoms with van der Waals surface area (Å²) >= 11 is 1.72. The molecular weight excluding hydrogens is 304 g/mol. The SMILES string of the molecule is C=CCC(C(=O)N1CCC(c2nccs2)CC1)c1ccccc1. The molecule has 0 spiro atoms. The van der Waals surface area contributed by atoms with E-state index in [1.165, 1.54) is 5.01 Å². The Labute approximate surface area is 141 Å². The molecule has 1 aliphatic heterocycles. The van der Waals surface area contributed by atoms with Crippen LogP contribution in [0.1, 0.15) is 41.7 Å². The fourth-order valence-electron chi connectivity index (χ4n) is 3.23. The molecule has 0 N–H and O–H groups in total. The maximum Gasteiger partial charge on any atom is 0.230 e. The van der Waals surface area contributed by atoms with Crippen molar-refractivity contribution in [3.8, 4) is 0 Å². The van der Waals surface area contributed by atoms with Gasteiger partial charge in [0, 0.05) is 30.6 Å². The van der Waals surface area contributed by atoms with E-state index in [1.807, 2.05) is 52.9 Å². The summed E-state index contributed by atoms with van der Waals surface area (Å²) in [5.41, 5.74) is 1.08. The lowest BCUT2D eigenvalue weighted by Crippen LogP contribution is -2.40. The summed E-state index contributed by atoms with van der Waals surface area (Å²) in [5.74, 6) is 0.632. The monoisotopic (exact) mass is 326 g/mol. The van der Waals surface area contributed by atoms with Crippen molar-refractivity contribution in [3.63, 3.8) is 0 Å². The van der Waals surface area contributed by atoms with Crippen LogP contribution in [-0.4, -0.2) is 28.9 Å². The molecule has 2 aromatic rings. The largest absolute Gasteiger partial charge is 0.342 e. The molecule has 1 unspecified atom stereocenters. The molecule has 1 atom stereocenters. The number of hydrogen-bond donors (Lipinski definition) is 0. The number of carbonyl (C=O) groups excluding carboxylic acids is 1. The molecule has 4 heteroatoms. The third kappa shape index (κ3) is 3.70. The Morgan fingerprint density at radius 2 is 2.09 bits per heavy atom. The van der Waals surface area contributed by atoms with E-state index in [0.29, 0.717) is 12.3 Å². The summed E-state index contributed by atoms with van der Waals surface area (Å²) in [7, 11) is 0. The highest BCUT2D eigenvalue weighted by molar-refractivity contribution is 7.09. The van der Waals surface area contributed by atoms with Gasteiger partial charge >= 0.3 is 0 Å². The molecule has 2 heterocycles. The Morgan fingerprint density at radius 3 is 2.70 bits per heavy atom. The van der Waals surface area contributed by atoms with Crippen LogP contribution in [0.2, 0.25) is 0 Å². The molecule has 0 radical (unpaired) electrons. The highest BCUT2D eigenvalue weighted by Gasteiger charge is 2.29. The molecule has 0 bridgehead atoms. The first-order valence-electron chi connectivity index (χ1n) is 8.13. The van der Waals surface area contributed by atoms with Gasteiger partial charge in [-0.25, -0.2) is 4.98 Å². The maximum atomic E-state index is 12.9. The molecule has 1 amide bonds. The number of allylic oxidation sites excluding steroid dienone is 1. The zero-order valence-corrected chi connectivity index (χ0v) is 14.0. The van der Waals surface area contributed by atoms with Crippen molar-refractivity contribution >= 4 is 17.2 Å². The van der Waals surface area contributed by atoms with Crippen LogP contribution in [0.4, 0.5) is 0 Å². The number of benzene rings is 1. The number of rotatable bonds is 5. The Hall–Kier alpha value is -1.94. The van der Waals surface area contributed by atoms with Gasteiger partial charge in [-0.15, -0.1) is 17.9 Å². The standard InChI is InChI=1S/C19H22N2OS/c1-2-6-17(15-7-4-3-5-8-15)19(22)21-12-9-16(10-13-21)18-20-11-14-23-18/h2-5,7-8,11,14,16-17H,1,6,9-10,12-13H2. The normalized spacial score (nSPS) is 17.0. The fourth-order valence-corrected chi connectivity index (χ4v) is 4.05. The van der Waals surface area contributed by atoms with Crippen molar-refractivity contribution < 1.29 is 4.79 Å². The molecular formula is C19H22N2OS. The molecule has 1 fully saturated rings. The Bertz CT molecular complexity index is 631. The Balaban J connectivity index is 1.66. The lowest BCUT2D eigenvalue weighted by molar-refractivity contribution is -0.133. The van der Waals surface area contributed by atoms with Crippen LogP contribution in [0.3, 0.4) is 0 Å². The number of likely N-dealkylation sites (tertiary alicyclic amines) is 1. The summed E-state index contributed by atoms with van der Waals surface area (Å²) in [6.45, 7) is 5.47. The first-order valence-corrected chi connectivity index (χ1v) is 9.01. The van der Waals surface area contributed by atoms with Gasteiger partial charge in [-0.2, -0.15) is 0 Å². The zero-order chi connectivity index (χ0) is 16.1. The Kier molecular flexibility index (Phi) is 5.23. The van der Waals surface area contributed by atoms with Crippen LogP contribution in [0, 0.1) is 0 Å². The van der Waals surface area contributed by atoms with Gasteiger partial charge in [-0.3, -0.25) is 4.79 Å². The third-order valence-corrected chi connectivity index (χ3v) is 5.45. The van der Waals surface area contributed by atoms with Crippen LogP contribution in [0.25, 0.3) is 0 Å². The highest BCUT2D eigenvalue weighted by Crippen LogP contribution is 2.31. The van der Waals surface area contributed by atoms with Gasteiger partial charge in [0.2, 0.25) is 5.91 Å². The van der Waals surface area contributed by atoms with E-state index in [-0.39, 0.29) is 11.8 Å². The molecule has 3 nitrogen and oxygen atoms in total. The van der Waals surface area contributed by atoms with Crippen molar-refractivity contribution in [2.45, 2.75) is 31.1 Å². The van der Waals surface area contributed by atoms with Crippen molar-refractivity contribution in [3.05, 3.63) is 65.1 Å². The molecule has 1 saturated heterocycles. The zero-order valence-electron chi connectivity index (χ0n) is 13.2. The Morgan fingerprint density at radius 1 is 1.35 bits per heavy atom. The van der Waals surface area contributed by atoms with Gasteiger partial charge in [-0.1, -0.05) is 36.4 Å². The quantitative estimate of drug-likeness (QED) is 0.771. The summed E-state index contributed by atoms with van der Waals surface area (Å²) in [6.07, 6.45) is 6.42. The molecule has 120 valence electrons. The van der Waals surface area contributed by atoms with E-state index in [9.17, 15) is 4.79 Å². The molecule has 3 rings (SSSR count). The molecule has 1 aliphatic rings. The van der Waals surface area contributed by atoms with Crippen molar-refractivity contribution in [2.24, 2.45) is 0 Å². The molecule has 23 heavy (non-hydrogen) atoms. The number of aromatic nitrogens is 1. The molecule has 0 aliphatic carbocycles. The summed E-state index contributed by atoms with van der Waals surface area (Å²) in [5, 5.41) is 3.24. The van der Waals surface area contributed by atoms with Crippen molar-refractivity contribution in [2.75, 3.05) is 13.1 Å². The topological polar surface area (TPSA) is 33.2 Å². The summed E-state index contributed by atoms with van der Waals surface area (Å²) in [6, 6.07) is 10.0. The number of hydrogen-bond acceptors (Lipinski definition) is 3. The number of nitrogens with zero attached hydrogens (tertiary/aromatic N) is 2. The van der Waals surface area contributed by atoms with Crippen molar-refractivity contribution in [1.29, 1.82) is 0 Å². The second-order valence-electron chi connectivity index (χ2n) is 5.96. The minimum Gasteiger partial charge on any atom is -0.342 e. The van der Waals surface area contributed by atoms with E-state index >= 15 is 0 Å². The summed E-state index contributed by atoms with van der Waals surface area (Å²) < 4.78 is 0. The predicted octanol–water partition coefficient (Wildman–Crippen LogP) is 4.21. The van der Waals surface area contributed by atoms with E-state index in [1.54, 1.807) is 11.3 Å². The van der Waals surface area contributed by atoms with Gasteiger partial charge in [0.15, 0.2) is 0 Å². The second-order valence-corrected chi connectivity index (χ2v) is 6.88. The van der Waals surface area contributed by atoms with E-state index in [2.05, 4.69) is 11.6 Å².